The smallest absolute Gasteiger partial charge is 0.237 e. The summed E-state index contributed by atoms with van der Waals surface area (Å²) in [6.07, 6.45) is 5.67. The number of hydrogen-bond donors (Lipinski definition) is 3. The molecule has 0 spiro atoms. The van der Waals surface area contributed by atoms with Gasteiger partial charge in [-0.1, -0.05) is 0 Å². The van der Waals surface area contributed by atoms with Crippen LogP contribution in [0.5, 0.6) is 0 Å². The highest BCUT2D eigenvalue weighted by Crippen LogP contribution is 2.18. The second kappa shape index (κ2) is 6.00. The van der Waals surface area contributed by atoms with E-state index in [0.717, 1.165) is 38.6 Å². The lowest BCUT2D eigenvalue weighted by Crippen LogP contribution is -2.44. The van der Waals surface area contributed by atoms with Crippen molar-refractivity contribution >= 4 is 11.8 Å². The van der Waals surface area contributed by atoms with E-state index in [1.54, 1.807) is 0 Å². The number of carbonyl (C=O) groups excluding carboxylic acids is 2. The normalized spacial score (nSPS) is 24.9. The minimum Gasteiger partial charge on any atom is -0.355 e. The van der Waals surface area contributed by atoms with E-state index in [1.807, 2.05) is 0 Å². The fraction of sp³-hybridized carbons (Fsp3) is 0.833. The van der Waals surface area contributed by atoms with Crippen molar-refractivity contribution in [1.29, 1.82) is 0 Å². The summed E-state index contributed by atoms with van der Waals surface area (Å²) in [5.41, 5.74) is 0. The summed E-state index contributed by atoms with van der Waals surface area (Å²) < 4.78 is 0. The van der Waals surface area contributed by atoms with Crippen molar-refractivity contribution in [2.75, 3.05) is 13.1 Å². The van der Waals surface area contributed by atoms with E-state index in [4.69, 9.17) is 0 Å². The van der Waals surface area contributed by atoms with E-state index in [2.05, 4.69) is 16.0 Å². The summed E-state index contributed by atoms with van der Waals surface area (Å²) in [7, 11) is 0. The third kappa shape index (κ3) is 4.34. The molecule has 2 aliphatic rings. The molecule has 0 aromatic heterocycles. The van der Waals surface area contributed by atoms with Gasteiger partial charge >= 0.3 is 0 Å². The SMILES string of the molecule is O=C(CCNC1CCCCNC1=O)NC1CC1. The molecule has 1 aliphatic heterocycles. The van der Waals surface area contributed by atoms with E-state index in [9.17, 15) is 9.59 Å². The van der Waals surface area contributed by atoms with Crippen molar-refractivity contribution in [3.05, 3.63) is 0 Å². The fourth-order valence-corrected chi connectivity index (χ4v) is 2.02. The molecule has 1 saturated carbocycles. The molecule has 1 aliphatic carbocycles. The summed E-state index contributed by atoms with van der Waals surface area (Å²) in [5.74, 6) is 0.166. The fourth-order valence-electron chi connectivity index (χ4n) is 2.02. The minimum absolute atomic E-state index is 0.0742. The molecule has 96 valence electrons. The molecule has 17 heavy (non-hydrogen) atoms. The average Bonchev–Trinajstić information content (AvgIpc) is 3.09. The summed E-state index contributed by atoms with van der Waals surface area (Å²) in [4.78, 5) is 23.0. The van der Waals surface area contributed by atoms with Gasteiger partial charge in [0.1, 0.15) is 0 Å². The van der Waals surface area contributed by atoms with Crippen LogP contribution in [0.15, 0.2) is 0 Å². The maximum atomic E-state index is 11.6. The minimum atomic E-state index is -0.119. The number of nitrogens with one attached hydrogen (secondary N) is 3. The zero-order valence-corrected chi connectivity index (χ0v) is 10.1. The zero-order chi connectivity index (χ0) is 12.1. The van der Waals surface area contributed by atoms with Crippen LogP contribution in [0.2, 0.25) is 0 Å². The number of rotatable bonds is 5. The van der Waals surface area contributed by atoms with Gasteiger partial charge in [-0.15, -0.1) is 0 Å². The van der Waals surface area contributed by atoms with E-state index >= 15 is 0 Å². The second-order valence-corrected chi connectivity index (χ2v) is 4.89. The number of carbonyl (C=O) groups is 2. The van der Waals surface area contributed by atoms with Gasteiger partial charge in [-0.3, -0.25) is 9.59 Å². The van der Waals surface area contributed by atoms with Crippen LogP contribution in [0.1, 0.15) is 38.5 Å². The highest BCUT2D eigenvalue weighted by Gasteiger charge is 2.23. The predicted octanol–water partition coefficient (Wildman–Crippen LogP) is -0.0866. The summed E-state index contributed by atoms with van der Waals surface area (Å²) in [5, 5.41) is 8.97. The number of amides is 2. The van der Waals surface area contributed by atoms with E-state index in [-0.39, 0.29) is 17.9 Å². The molecule has 2 fully saturated rings. The topological polar surface area (TPSA) is 70.2 Å². The molecule has 0 radical (unpaired) electrons. The number of hydrogen-bond acceptors (Lipinski definition) is 3. The Balaban J connectivity index is 1.62. The van der Waals surface area contributed by atoms with Crippen LogP contribution in [0.3, 0.4) is 0 Å². The molecule has 1 saturated heterocycles. The van der Waals surface area contributed by atoms with Gasteiger partial charge in [-0.25, -0.2) is 0 Å². The Labute approximate surface area is 102 Å². The third-order valence-electron chi connectivity index (χ3n) is 3.22. The van der Waals surface area contributed by atoms with Crippen LogP contribution in [-0.2, 0) is 9.59 Å². The molecule has 0 aromatic rings. The van der Waals surface area contributed by atoms with E-state index in [1.165, 1.54) is 0 Å². The lowest BCUT2D eigenvalue weighted by molar-refractivity contribution is -0.124. The highest BCUT2D eigenvalue weighted by molar-refractivity contribution is 5.82. The molecule has 1 unspecified atom stereocenters. The molecule has 2 amide bonds. The lowest BCUT2D eigenvalue weighted by atomic mass is 10.1. The zero-order valence-electron chi connectivity index (χ0n) is 10.1. The molecular weight excluding hydrogens is 218 g/mol. The predicted molar refractivity (Wildman–Crippen MR) is 64.4 cm³/mol. The molecule has 5 heteroatoms. The van der Waals surface area contributed by atoms with Crippen molar-refractivity contribution in [3.8, 4) is 0 Å². The van der Waals surface area contributed by atoms with Crippen LogP contribution >= 0.6 is 0 Å². The molecule has 0 aromatic carbocycles. The first-order chi connectivity index (χ1) is 8.25. The van der Waals surface area contributed by atoms with Gasteiger partial charge in [0.15, 0.2) is 0 Å². The lowest BCUT2D eigenvalue weighted by Gasteiger charge is -2.14. The van der Waals surface area contributed by atoms with E-state index in [0.29, 0.717) is 19.0 Å². The Bertz CT molecular complexity index is 289. The summed E-state index contributed by atoms with van der Waals surface area (Å²) in [6, 6.07) is 0.301. The average molecular weight is 239 g/mol. The summed E-state index contributed by atoms with van der Waals surface area (Å²) >= 11 is 0. The van der Waals surface area contributed by atoms with Gasteiger partial charge in [0.05, 0.1) is 6.04 Å². The van der Waals surface area contributed by atoms with Crippen molar-refractivity contribution < 1.29 is 9.59 Å². The van der Waals surface area contributed by atoms with Crippen molar-refractivity contribution in [1.82, 2.24) is 16.0 Å². The summed E-state index contributed by atoms with van der Waals surface area (Å²) in [6.45, 7) is 1.36. The molecule has 3 N–H and O–H groups in total. The Morgan fingerprint density at radius 2 is 2.12 bits per heavy atom. The molecule has 1 atom stereocenters. The largest absolute Gasteiger partial charge is 0.355 e. The van der Waals surface area contributed by atoms with Crippen LogP contribution < -0.4 is 16.0 Å². The van der Waals surface area contributed by atoms with E-state index < -0.39 is 0 Å². The van der Waals surface area contributed by atoms with Crippen molar-refractivity contribution in [3.63, 3.8) is 0 Å². The third-order valence-corrected chi connectivity index (χ3v) is 3.22. The van der Waals surface area contributed by atoms with Crippen LogP contribution in [0, 0.1) is 0 Å². The van der Waals surface area contributed by atoms with Gasteiger partial charge in [-0.05, 0) is 32.1 Å². The van der Waals surface area contributed by atoms with Crippen molar-refractivity contribution in [2.24, 2.45) is 0 Å². The first-order valence-corrected chi connectivity index (χ1v) is 6.56. The molecule has 0 bridgehead atoms. The first kappa shape index (κ1) is 12.4. The monoisotopic (exact) mass is 239 g/mol. The Kier molecular flexibility index (Phi) is 4.36. The van der Waals surface area contributed by atoms with Gasteiger partial charge in [-0.2, -0.15) is 0 Å². The van der Waals surface area contributed by atoms with Crippen molar-refractivity contribution in [2.45, 2.75) is 50.6 Å². The molecule has 2 rings (SSSR count). The van der Waals surface area contributed by atoms with Gasteiger partial charge < -0.3 is 16.0 Å². The standard InChI is InChI=1S/C12H21N3O2/c16-11(15-9-4-5-9)6-8-13-10-3-1-2-7-14-12(10)17/h9-10,13H,1-8H2,(H,14,17)(H,15,16). The maximum Gasteiger partial charge on any atom is 0.237 e. The Morgan fingerprint density at radius 1 is 1.29 bits per heavy atom. The quantitative estimate of drug-likeness (QED) is 0.628. The first-order valence-electron chi connectivity index (χ1n) is 6.56. The highest BCUT2D eigenvalue weighted by atomic mass is 16.2. The van der Waals surface area contributed by atoms with Gasteiger partial charge in [0.25, 0.3) is 0 Å². The van der Waals surface area contributed by atoms with Crippen LogP contribution in [-0.4, -0.2) is 37.0 Å². The van der Waals surface area contributed by atoms with Crippen LogP contribution in [0.25, 0.3) is 0 Å². The van der Waals surface area contributed by atoms with Gasteiger partial charge in [0.2, 0.25) is 11.8 Å². The second-order valence-electron chi connectivity index (χ2n) is 4.89. The maximum absolute atomic E-state index is 11.6. The Hall–Kier alpha value is -1.10. The Morgan fingerprint density at radius 3 is 2.88 bits per heavy atom. The van der Waals surface area contributed by atoms with Gasteiger partial charge in [0, 0.05) is 25.6 Å². The molecular formula is C12H21N3O2. The molecule has 5 nitrogen and oxygen atoms in total. The van der Waals surface area contributed by atoms with Crippen LogP contribution in [0.4, 0.5) is 0 Å². The molecule has 1 heterocycles.